The summed E-state index contributed by atoms with van der Waals surface area (Å²) in [5.41, 5.74) is 0.584. The van der Waals surface area contributed by atoms with Gasteiger partial charge in [-0.15, -0.1) is 0 Å². The molecular formula is C21H26N2O6S. The Morgan fingerprint density at radius 3 is 2.13 bits per heavy atom. The van der Waals surface area contributed by atoms with E-state index in [0.717, 1.165) is 0 Å². The average Bonchev–Trinajstić information content (AvgIpc) is 2.72. The standard InChI is InChI=1S/C21H26N2O6S/c1-5-27-17-10-13(11-18(28-6-2)19(17)29-7-3)20(25)23-21(30)22-15-12-14(26-4)8-9-16(15)24/h8-12,24H,5-7H2,1-4H3,(H2,22,23,25,30). The van der Waals surface area contributed by atoms with Crippen LogP contribution in [0.25, 0.3) is 0 Å². The van der Waals surface area contributed by atoms with Gasteiger partial charge >= 0.3 is 0 Å². The number of benzene rings is 2. The van der Waals surface area contributed by atoms with E-state index in [9.17, 15) is 9.90 Å². The fraction of sp³-hybridized carbons (Fsp3) is 0.333. The Hall–Kier alpha value is -3.20. The Labute approximate surface area is 181 Å². The SMILES string of the molecule is CCOc1cc(C(=O)NC(=S)Nc2cc(OC)ccc2O)cc(OCC)c1OCC. The third-order valence-corrected chi connectivity index (χ3v) is 4.05. The largest absolute Gasteiger partial charge is 0.506 e. The Kier molecular flexibility index (Phi) is 8.54. The van der Waals surface area contributed by atoms with Crippen molar-refractivity contribution in [3.05, 3.63) is 35.9 Å². The van der Waals surface area contributed by atoms with Gasteiger partial charge in [0.05, 0.1) is 32.6 Å². The van der Waals surface area contributed by atoms with Crippen LogP contribution in [0.1, 0.15) is 31.1 Å². The molecule has 0 unspecified atom stereocenters. The number of carbonyl (C=O) groups is 1. The summed E-state index contributed by atoms with van der Waals surface area (Å²) in [6.45, 7) is 6.73. The molecule has 0 saturated heterocycles. The topological polar surface area (TPSA) is 98.3 Å². The van der Waals surface area contributed by atoms with Crippen molar-refractivity contribution < 1.29 is 28.8 Å². The molecule has 9 heteroatoms. The van der Waals surface area contributed by atoms with Gasteiger partial charge in [-0.2, -0.15) is 0 Å². The number of hydrogen-bond donors (Lipinski definition) is 3. The molecule has 0 saturated carbocycles. The first-order chi connectivity index (χ1) is 14.4. The van der Waals surface area contributed by atoms with E-state index in [0.29, 0.717) is 48.5 Å². The van der Waals surface area contributed by atoms with Crippen molar-refractivity contribution in [3.63, 3.8) is 0 Å². The third-order valence-electron chi connectivity index (χ3n) is 3.85. The molecule has 0 spiro atoms. The molecule has 3 N–H and O–H groups in total. The molecule has 8 nitrogen and oxygen atoms in total. The first-order valence-electron chi connectivity index (χ1n) is 9.49. The Morgan fingerprint density at radius 2 is 1.60 bits per heavy atom. The van der Waals surface area contributed by atoms with E-state index < -0.39 is 5.91 Å². The smallest absolute Gasteiger partial charge is 0.257 e. The van der Waals surface area contributed by atoms with Crippen molar-refractivity contribution in [2.24, 2.45) is 0 Å². The quantitative estimate of drug-likeness (QED) is 0.406. The van der Waals surface area contributed by atoms with E-state index in [4.69, 9.17) is 31.2 Å². The van der Waals surface area contributed by atoms with Gasteiger partial charge in [0, 0.05) is 11.6 Å². The van der Waals surface area contributed by atoms with Crippen molar-refractivity contribution in [2.45, 2.75) is 20.8 Å². The van der Waals surface area contributed by atoms with Gasteiger partial charge < -0.3 is 29.4 Å². The second-order valence-corrected chi connectivity index (χ2v) is 6.30. The molecule has 2 rings (SSSR count). The highest BCUT2D eigenvalue weighted by atomic mass is 32.1. The second-order valence-electron chi connectivity index (χ2n) is 5.89. The molecule has 0 heterocycles. The predicted molar refractivity (Wildman–Crippen MR) is 118 cm³/mol. The summed E-state index contributed by atoms with van der Waals surface area (Å²) in [6.07, 6.45) is 0. The molecule has 30 heavy (non-hydrogen) atoms. The monoisotopic (exact) mass is 434 g/mol. The zero-order chi connectivity index (χ0) is 22.1. The number of phenolic OH excluding ortho intramolecular Hbond substituents is 1. The number of methoxy groups -OCH3 is 1. The minimum Gasteiger partial charge on any atom is -0.506 e. The molecule has 0 atom stereocenters. The zero-order valence-electron chi connectivity index (χ0n) is 17.4. The van der Waals surface area contributed by atoms with Crippen LogP contribution in [0, 0.1) is 0 Å². The fourth-order valence-corrected chi connectivity index (χ4v) is 2.79. The minimum absolute atomic E-state index is 0.00774. The maximum absolute atomic E-state index is 12.8. The van der Waals surface area contributed by atoms with Gasteiger partial charge in [-0.25, -0.2) is 0 Å². The van der Waals surface area contributed by atoms with E-state index in [1.54, 1.807) is 24.3 Å². The van der Waals surface area contributed by atoms with Gasteiger partial charge in [-0.1, -0.05) is 0 Å². The van der Waals surface area contributed by atoms with Crippen LogP contribution in [0.2, 0.25) is 0 Å². The summed E-state index contributed by atoms with van der Waals surface area (Å²) in [5.74, 6) is 1.27. The number of ether oxygens (including phenoxy) is 4. The molecule has 2 aromatic carbocycles. The van der Waals surface area contributed by atoms with E-state index >= 15 is 0 Å². The number of hydrogen-bond acceptors (Lipinski definition) is 7. The van der Waals surface area contributed by atoms with Gasteiger partial charge in [-0.05, 0) is 57.3 Å². The first-order valence-corrected chi connectivity index (χ1v) is 9.89. The maximum atomic E-state index is 12.8. The van der Waals surface area contributed by atoms with Crippen LogP contribution in [0.4, 0.5) is 5.69 Å². The van der Waals surface area contributed by atoms with Crippen LogP contribution in [-0.2, 0) is 0 Å². The molecule has 0 bridgehead atoms. The van der Waals surface area contributed by atoms with Crippen LogP contribution >= 0.6 is 12.2 Å². The lowest BCUT2D eigenvalue weighted by Gasteiger charge is -2.17. The lowest BCUT2D eigenvalue weighted by Crippen LogP contribution is -2.34. The van der Waals surface area contributed by atoms with Crippen molar-refractivity contribution >= 4 is 28.9 Å². The van der Waals surface area contributed by atoms with Crippen LogP contribution in [0.5, 0.6) is 28.7 Å². The number of nitrogens with one attached hydrogen (secondary N) is 2. The molecule has 0 aliphatic rings. The Bertz CT molecular complexity index is 876. The lowest BCUT2D eigenvalue weighted by molar-refractivity contribution is 0.0976. The molecule has 0 radical (unpaired) electrons. The summed E-state index contributed by atoms with van der Waals surface area (Å²) in [5, 5.41) is 15.3. The summed E-state index contributed by atoms with van der Waals surface area (Å²) >= 11 is 5.20. The van der Waals surface area contributed by atoms with Crippen LogP contribution in [0.15, 0.2) is 30.3 Å². The van der Waals surface area contributed by atoms with Crippen molar-refractivity contribution in [3.8, 4) is 28.7 Å². The van der Waals surface area contributed by atoms with Gasteiger partial charge in [0.2, 0.25) is 5.75 Å². The lowest BCUT2D eigenvalue weighted by atomic mass is 10.1. The third kappa shape index (κ3) is 5.90. The second kappa shape index (κ2) is 11.1. The van der Waals surface area contributed by atoms with E-state index in [-0.39, 0.29) is 16.4 Å². The first kappa shape index (κ1) is 23.1. The molecule has 0 aliphatic carbocycles. The van der Waals surface area contributed by atoms with Crippen LogP contribution < -0.4 is 29.6 Å². The average molecular weight is 435 g/mol. The van der Waals surface area contributed by atoms with Gasteiger partial charge in [-0.3, -0.25) is 10.1 Å². The van der Waals surface area contributed by atoms with Crippen LogP contribution in [-0.4, -0.2) is 43.1 Å². The molecule has 1 amide bonds. The van der Waals surface area contributed by atoms with Gasteiger partial charge in [0.1, 0.15) is 11.5 Å². The van der Waals surface area contributed by atoms with Crippen molar-refractivity contribution in [2.75, 3.05) is 32.2 Å². The van der Waals surface area contributed by atoms with Crippen molar-refractivity contribution in [1.29, 1.82) is 0 Å². The summed E-state index contributed by atoms with van der Waals surface area (Å²) in [7, 11) is 1.51. The highest BCUT2D eigenvalue weighted by Crippen LogP contribution is 2.39. The fourth-order valence-electron chi connectivity index (χ4n) is 2.59. The Morgan fingerprint density at radius 1 is 1.00 bits per heavy atom. The van der Waals surface area contributed by atoms with Gasteiger partial charge in [0.15, 0.2) is 16.6 Å². The molecular weight excluding hydrogens is 408 g/mol. The number of aromatic hydroxyl groups is 1. The normalized spacial score (nSPS) is 10.1. The van der Waals surface area contributed by atoms with E-state index in [1.165, 1.54) is 13.2 Å². The highest BCUT2D eigenvalue weighted by molar-refractivity contribution is 7.80. The van der Waals surface area contributed by atoms with Crippen LogP contribution in [0.3, 0.4) is 0 Å². The van der Waals surface area contributed by atoms with E-state index in [1.807, 2.05) is 20.8 Å². The minimum atomic E-state index is -0.472. The molecule has 0 fully saturated rings. The maximum Gasteiger partial charge on any atom is 0.257 e. The Balaban J connectivity index is 2.24. The number of thiocarbonyl (C=S) groups is 1. The molecule has 2 aromatic rings. The summed E-state index contributed by atoms with van der Waals surface area (Å²) < 4.78 is 22.0. The number of amides is 1. The number of phenols is 1. The number of carbonyl (C=O) groups excluding carboxylic acids is 1. The summed E-state index contributed by atoms with van der Waals surface area (Å²) in [6, 6.07) is 7.76. The van der Waals surface area contributed by atoms with Gasteiger partial charge in [0.25, 0.3) is 5.91 Å². The molecule has 0 aromatic heterocycles. The summed E-state index contributed by atoms with van der Waals surface area (Å²) in [4.78, 5) is 12.8. The number of anilines is 1. The molecule has 0 aliphatic heterocycles. The number of rotatable bonds is 9. The zero-order valence-corrected chi connectivity index (χ0v) is 18.2. The molecule has 162 valence electrons. The predicted octanol–water partition coefficient (Wildman–Crippen LogP) is 3.72. The van der Waals surface area contributed by atoms with Crippen molar-refractivity contribution in [1.82, 2.24) is 5.32 Å². The van der Waals surface area contributed by atoms with E-state index in [2.05, 4.69) is 10.6 Å². The highest BCUT2D eigenvalue weighted by Gasteiger charge is 2.19.